The molecule has 2 aliphatic rings. The molecule has 1 aromatic heterocycles. The number of para-hydroxylation sites is 4. The van der Waals surface area contributed by atoms with E-state index in [0.29, 0.717) is 0 Å². The van der Waals surface area contributed by atoms with Crippen molar-refractivity contribution < 1.29 is 0 Å². The van der Waals surface area contributed by atoms with E-state index in [2.05, 4.69) is 234 Å². The Morgan fingerprint density at radius 1 is 0.379 bits per heavy atom. The molecule has 2 aliphatic heterocycles. The number of nitrogens with zero attached hydrogens (tertiary/aromatic N) is 2. The van der Waals surface area contributed by atoms with Crippen molar-refractivity contribution in [1.29, 1.82) is 0 Å². The first-order valence-electron chi connectivity index (χ1n) is 20.2. The molecule has 0 aliphatic carbocycles. The zero-order valence-corrected chi connectivity index (χ0v) is 31.8. The number of rotatable bonds is 5. The summed E-state index contributed by atoms with van der Waals surface area (Å²) in [5.74, 6) is 0. The number of aromatic nitrogens is 1. The SMILES string of the molecule is c1ccc(-c2ccc(B3c4ccc(-n5c6ccccc6c6ccccc65)cc4N4c5ccccc5C(c5ccccc5)(c5ccccc5)c5cccc3c54)cc2)cc1. The van der Waals surface area contributed by atoms with E-state index >= 15 is 0 Å². The van der Waals surface area contributed by atoms with Crippen LogP contribution in [-0.4, -0.2) is 11.3 Å². The van der Waals surface area contributed by atoms with Crippen LogP contribution >= 0.6 is 0 Å². The number of hydrogen-bond acceptors (Lipinski definition) is 1. The summed E-state index contributed by atoms with van der Waals surface area (Å²) in [6, 6.07) is 83.2. The lowest BCUT2D eigenvalue weighted by Crippen LogP contribution is -2.59. The Hall–Kier alpha value is -7.36. The van der Waals surface area contributed by atoms with E-state index in [1.165, 1.54) is 88.6 Å². The average molecular weight is 737 g/mol. The van der Waals surface area contributed by atoms with Crippen molar-refractivity contribution in [3.63, 3.8) is 0 Å². The van der Waals surface area contributed by atoms with Gasteiger partial charge in [0.2, 0.25) is 6.71 Å². The fraction of sp³-hybridized carbons (Fsp3) is 0.0182. The van der Waals surface area contributed by atoms with Crippen LogP contribution in [0.2, 0.25) is 0 Å². The van der Waals surface area contributed by atoms with Crippen molar-refractivity contribution in [2.24, 2.45) is 0 Å². The first-order valence-corrected chi connectivity index (χ1v) is 20.2. The minimum atomic E-state index is -0.551. The van der Waals surface area contributed by atoms with Gasteiger partial charge in [-0.15, -0.1) is 0 Å². The van der Waals surface area contributed by atoms with Gasteiger partial charge in [-0.2, -0.15) is 0 Å². The van der Waals surface area contributed by atoms with E-state index in [1.807, 2.05) is 0 Å². The largest absolute Gasteiger partial charge is 0.311 e. The van der Waals surface area contributed by atoms with E-state index in [-0.39, 0.29) is 6.71 Å². The van der Waals surface area contributed by atoms with Crippen LogP contribution in [0.15, 0.2) is 224 Å². The summed E-state index contributed by atoms with van der Waals surface area (Å²) in [4.78, 5) is 2.59. The summed E-state index contributed by atoms with van der Waals surface area (Å²) in [5, 5.41) is 2.53. The fourth-order valence-corrected chi connectivity index (χ4v) is 10.3. The van der Waals surface area contributed by atoms with Gasteiger partial charge in [0.25, 0.3) is 0 Å². The monoisotopic (exact) mass is 736 g/mol. The highest BCUT2D eigenvalue weighted by molar-refractivity contribution is 6.98. The second-order valence-corrected chi connectivity index (χ2v) is 15.6. The van der Waals surface area contributed by atoms with Gasteiger partial charge < -0.3 is 9.47 Å². The molecule has 3 heteroatoms. The van der Waals surface area contributed by atoms with Gasteiger partial charge in [0, 0.05) is 27.8 Å². The maximum Gasteiger partial charge on any atom is 0.246 e. The average Bonchev–Trinajstić information content (AvgIpc) is 3.64. The molecule has 0 unspecified atom stereocenters. The first kappa shape index (κ1) is 32.8. The van der Waals surface area contributed by atoms with Crippen LogP contribution in [0.3, 0.4) is 0 Å². The normalized spacial score (nSPS) is 13.6. The van der Waals surface area contributed by atoms with Crippen molar-refractivity contribution in [3.8, 4) is 16.8 Å². The molecule has 0 spiro atoms. The molecule has 58 heavy (non-hydrogen) atoms. The predicted molar refractivity (Wildman–Crippen MR) is 244 cm³/mol. The van der Waals surface area contributed by atoms with Crippen LogP contribution in [0.4, 0.5) is 17.1 Å². The zero-order valence-electron chi connectivity index (χ0n) is 31.8. The van der Waals surface area contributed by atoms with E-state index in [9.17, 15) is 0 Å². The third kappa shape index (κ3) is 4.62. The molecule has 0 fully saturated rings. The van der Waals surface area contributed by atoms with E-state index in [4.69, 9.17) is 0 Å². The number of benzene rings is 9. The highest BCUT2D eigenvalue weighted by atomic mass is 15.2. The van der Waals surface area contributed by atoms with Crippen LogP contribution in [-0.2, 0) is 5.41 Å². The van der Waals surface area contributed by atoms with Gasteiger partial charge in [0.15, 0.2) is 0 Å². The molecule has 12 rings (SSSR count). The highest BCUT2D eigenvalue weighted by Crippen LogP contribution is 2.58. The Balaban J connectivity index is 1.18. The van der Waals surface area contributed by atoms with Gasteiger partial charge in [0.1, 0.15) is 0 Å². The van der Waals surface area contributed by atoms with Crippen molar-refractivity contribution in [2.45, 2.75) is 5.41 Å². The van der Waals surface area contributed by atoms with Crippen molar-refractivity contribution in [2.75, 3.05) is 4.90 Å². The fourth-order valence-electron chi connectivity index (χ4n) is 10.3. The molecule has 0 radical (unpaired) electrons. The second-order valence-electron chi connectivity index (χ2n) is 15.6. The van der Waals surface area contributed by atoms with Gasteiger partial charge in [-0.1, -0.05) is 200 Å². The van der Waals surface area contributed by atoms with Crippen molar-refractivity contribution in [3.05, 3.63) is 247 Å². The third-order valence-electron chi connectivity index (χ3n) is 12.7. The van der Waals surface area contributed by atoms with E-state index in [0.717, 1.165) is 5.69 Å². The lowest BCUT2D eigenvalue weighted by molar-refractivity contribution is 0.732. The predicted octanol–water partition coefficient (Wildman–Crippen LogP) is 11.4. The summed E-state index contributed by atoms with van der Waals surface area (Å²) in [6.45, 7) is 0.00716. The van der Waals surface area contributed by atoms with Gasteiger partial charge in [0.05, 0.1) is 22.1 Å². The molecule has 0 saturated carbocycles. The molecular formula is C55H37BN2. The number of hydrogen-bond donors (Lipinski definition) is 0. The lowest BCUT2D eigenvalue weighted by atomic mass is 9.34. The molecule has 270 valence electrons. The molecule has 0 atom stereocenters. The Morgan fingerprint density at radius 2 is 0.931 bits per heavy atom. The summed E-state index contributed by atoms with van der Waals surface area (Å²) < 4.78 is 2.45. The van der Waals surface area contributed by atoms with Crippen molar-refractivity contribution in [1.82, 2.24) is 4.57 Å². The molecule has 0 bridgehead atoms. The lowest BCUT2D eigenvalue weighted by Gasteiger charge is -2.50. The maximum atomic E-state index is 2.59. The van der Waals surface area contributed by atoms with Gasteiger partial charge in [-0.05, 0) is 74.6 Å². The minimum absolute atomic E-state index is 0.00716. The van der Waals surface area contributed by atoms with Crippen LogP contribution in [0.1, 0.15) is 22.3 Å². The van der Waals surface area contributed by atoms with Crippen LogP contribution in [0.5, 0.6) is 0 Å². The quantitative estimate of drug-likeness (QED) is 0.160. The standard InChI is InChI=1S/C55H37BN2/c1-4-17-38(18-5-1)39-31-33-42(34-32-39)56-48-36-35-43(57-50-28-13-10-23-44(50)45-24-11-14-29-51(45)57)37-53(48)58-52-30-15-12-25-46(52)55(40-19-6-2-7-20-40,41-21-8-3-9-22-41)47-26-16-27-49(56)54(47)58/h1-37H. The zero-order chi connectivity index (χ0) is 38.2. The molecule has 0 amide bonds. The van der Waals surface area contributed by atoms with Gasteiger partial charge in [-0.25, -0.2) is 0 Å². The molecule has 2 nitrogen and oxygen atoms in total. The number of anilines is 3. The van der Waals surface area contributed by atoms with Crippen molar-refractivity contribution >= 4 is 62.0 Å². The van der Waals surface area contributed by atoms with E-state index < -0.39 is 5.41 Å². The molecular weight excluding hydrogens is 699 g/mol. The topological polar surface area (TPSA) is 8.17 Å². The molecule has 9 aromatic carbocycles. The maximum absolute atomic E-state index is 2.59. The third-order valence-corrected chi connectivity index (χ3v) is 12.7. The summed E-state index contributed by atoms with van der Waals surface area (Å²) >= 11 is 0. The Kier molecular flexibility index (Phi) is 7.27. The van der Waals surface area contributed by atoms with Crippen LogP contribution < -0.4 is 21.3 Å². The van der Waals surface area contributed by atoms with Gasteiger partial charge >= 0.3 is 0 Å². The summed E-state index contributed by atoms with van der Waals surface area (Å²) in [7, 11) is 0. The summed E-state index contributed by atoms with van der Waals surface area (Å²) in [5.41, 5.74) is 18.1. The summed E-state index contributed by atoms with van der Waals surface area (Å²) in [6.07, 6.45) is 0. The Bertz CT molecular complexity index is 3080. The molecule has 0 saturated heterocycles. The Morgan fingerprint density at radius 3 is 1.60 bits per heavy atom. The molecule has 10 aromatic rings. The highest BCUT2D eigenvalue weighted by Gasteiger charge is 2.50. The molecule has 0 N–H and O–H groups in total. The molecule has 3 heterocycles. The van der Waals surface area contributed by atoms with E-state index in [1.54, 1.807) is 0 Å². The number of fused-ring (bicyclic) bond motifs is 7. The minimum Gasteiger partial charge on any atom is -0.311 e. The first-order chi connectivity index (χ1) is 28.8. The van der Waals surface area contributed by atoms with Crippen LogP contribution in [0.25, 0.3) is 38.6 Å². The van der Waals surface area contributed by atoms with Gasteiger partial charge in [-0.3, -0.25) is 0 Å². The Labute approximate surface area is 339 Å². The second kappa shape index (κ2) is 12.8. The van der Waals surface area contributed by atoms with Crippen LogP contribution in [0, 0.1) is 0 Å². The smallest absolute Gasteiger partial charge is 0.246 e.